The molecule has 0 radical (unpaired) electrons. The molecule has 1 aliphatic rings. The summed E-state index contributed by atoms with van der Waals surface area (Å²) in [4.78, 5) is 0. The number of hydrogen-bond donors (Lipinski definition) is 1. The Hall–Kier alpha value is -2.54. The highest BCUT2D eigenvalue weighted by atomic mass is 16.3. The molecular weight excluding hydrogens is 292 g/mol. The zero-order chi connectivity index (χ0) is 16.9. The molecule has 1 heteroatoms. The molecule has 0 bridgehead atoms. The fourth-order valence-corrected chi connectivity index (χ4v) is 3.87. The highest BCUT2D eigenvalue weighted by Crippen LogP contribution is 2.45. The van der Waals surface area contributed by atoms with Crippen LogP contribution in [0, 0.1) is 5.92 Å². The molecule has 1 aliphatic carbocycles. The summed E-state index contributed by atoms with van der Waals surface area (Å²) in [6.07, 6.45) is 10.4. The Morgan fingerprint density at radius 1 is 1.17 bits per heavy atom. The molecule has 2 aromatic rings. The Labute approximate surface area is 144 Å². The van der Waals surface area contributed by atoms with Gasteiger partial charge in [-0.3, -0.25) is 0 Å². The maximum Gasteiger partial charge on any atom is 0.115 e. The van der Waals surface area contributed by atoms with Crippen molar-refractivity contribution in [3.05, 3.63) is 102 Å². The van der Waals surface area contributed by atoms with Gasteiger partial charge >= 0.3 is 0 Å². The molecule has 2 aromatic carbocycles. The maximum absolute atomic E-state index is 9.85. The van der Waals surface area contributed by atoms with Gasteiger partial charge in [-0.05, 0) is 60.1 Å². The quantitative estimate of drug-likeness (QED) is 0.709. The van der Waals surface area contributed by atoms with Crippen LogP contribution in [0.25, 0.3) is 0 Å². The van der Waals surface area contributed by atoms with Gasteiger partial charge in [0.05, 0.1) is 0 Å². The molecule has 0 unspecified atom stereocenters. The first-order valence-corrected chi connectivity index (χ1v) is 8.56. The molecule has 3 rings (SSSR count). The number of aromatic hydroxyl groups is 1. The molecule has 0 heterocycles. The van der Waals surface area contributed by atoms with Gasteiger partial charge in [0, 0.05) is 5.92 Å². The van der Waals surface area contributed by atoms with E-state index in [0.717, 1.165) is 12.8 Å². The highest BCUT2D eigenvalue weighted by Gasteiger charge is 2.32. The van der Waals surface area contributed by atoms with Crippen LogP contribution in [-0.4, -0.2) is 5.11 Å². The van der Waals surface area contributed by atoms with Crippen molar-refractivity contribution in [3.63, 3.8) is 0 Å². The Morgan fingerprint density at radius 3 is 2.67 bits per heavy atom. The summed E-state index contributed by atoms with van der Waals surface area (Å²) in [5, 5.41) is 9.85. The standard InChI is InChI=1S/C23H24O/c1-3-8-17(9-4-2)21-14-12-19-16-20(24)13-15-22(19)23(21)18-10-6-5-7-11-18/h3-11,13,15-16,21,23-24H,1,12,14H2,2H3/b9-4-,17-8+/t21-,23+/m1/s1. The van der Waals surface area contributed by atoms with Gasteiger partial charge in [-0.2, -0.15) is 0 Å². The third-order valence-electron chi connectivity index (χ3n) is 4.84. The lowest BCUT2D eigenvalue weighted by Gasteiger charge is -2.35. The molecule has 0 aliphatic heterocycles. The second-order valence-corrected chi connectivity index (χ2v) is 6.32. The predicted octanol–water partition coefficient (Wildman–Crippen LogP) is 5.78. The van der Waals surface area contributed by atoms with E-state index in [1.165, 1.54) is 22.3 Å². The number of rotatable bonds is 4. The SMILES string of the molecule is C=C/C=C(\C=C/C)[C@H]1CCc2cc(O)ccc2[C@H]1c1ccccc1. The minimum Gasteiger partial charge on any atom is -0.508 e. The van der Waals surface area contributed by atoms with Crippen LogP contribution in [-0.2, 0) is 6.42 Å². The van der Waals surface area contributed by atoms with E-state index < -0.39 is 0 Å². The van der Waals surface area contributed by atoms with Gasteiger partial charge in [-0.15, -0.1) is 0 Å². The molecule has 0 amide bonds. The molecular formula is C23H24O. The van der Waals surface area contributed by atoms with E-state index in [4.69, 9.17) is 0 Å². The number of benzene rings is 2. The number of phenolic OH excluding ortho intramolecular Hbond substituents is 1. The summed E-state index contributed by atoms with van der Waals surface area (Å²) in [7, 11) is 0. The largest absolute Gasteiger partial charge is 0.508 e. The highest BCUT2D eigenvalue weighted by molar-refractivity contribution is 5.47. The zero-order valence-corrected chi connectivity index (χ0v) is 14.2. The second kappa shape index (κ2) is 7.35. The first kappa shape index (κ1) is 16.3. The molecule has 122 valence electrons. The third kappa shape index (κ3) is 3.21. The summed E-state index contributed by atoms with van der Waals surface area (Å²) in [6.45, 7) is 5.95. The van der Waals surface area contributed by atoms with Crippen LogP contribution in [0.15, 0.2) is 85.0 Å². The van der Waals surface area contributed by atoms with Gasteiger partial charge in [0.25, 0.3) is 0 Å². The van der Waals surface area contributed by atoms with E-state index in [2.05, 4.69) is 68.1 Å². The van der Waals surface area contributed by atoms with Crippen molar-refractivity contribution in [1.29, 1.82) is 0 Å². The molecule has 2 atom stereocenters. The van der Waals surface area contributed by atoms with Gasteiger partial charge in [-0.1, -0.05) is 67.3 Å². The molecule has 0 fully saturated rings. The van der Waals surface area contributed by atoms with E-state index in [0.29, 0.717) is 17.6 Å². The summed E-state index contributed by atoms with van der Waals surface area (Å²) >= 11 is 0. The van der Waals surface area contributed by atoms with Crippen LogP contribution in [0.1, 0.15) is 36.0 Å². The smallest absolute Gasteiger partial charge is 0.115 e. The minimum atomic E-state index is 0.304. The fourth-order valence-electron chi connectivity index (χ4n) is 3.87. The monoisotopic (exact) mass is 316 g/mol. The van der Waals surface area contributed by atoms with Gasteiger partial charge in [-0.25, -0.2) is 0 Å². The second-order valence-electron chi connectivity index (χ2n) is 6.32. The third-order valence-corrected chi connectivity index (χ3v) is 4.84. The van der Waals surface area contributed by atoms with Crippen LogP contribution >= 0.6 is 0 Å². The van der Waals surface area contributed by atoms with E-state index >= 15 is 0 Å². The number of aryl methyl sites for hydroxylation is 1. The Bertz CT molecular complexity index is 768. The molecule has 0 spiro atoms. The van der Waals surface area contributed by atoms with Crippen LogP contribution in [0.2, 0.25) is 0 Å². The van der Waals surface area contributed by atoms with Crippen molar-refractivity contribution in [2.45, 2.75) is 25.7 Å². The summed E-state index contributed by atoms with van der Waals surface area (Å²) < 4.78 is 0. The number of fused-ring (bicyclic) bond motifs is 1. The molecule has 1 N–H and O–H groups in total. The van der Waals surface area contributed by atoms with Crippen molar-refractivity contribution in [2.75, 3.05) is 0 Å². The lowest BCUT2D eigenvalue weighted by atomic mass is 9.69. The molecule has 1 nitrogen and oxygen atoms in total. The van der Waals surface area contributed by atoms with Crippen LogP contribution in [0.5, 0.6) is 5.75 Å². The summed E-state index contributed by atoms with van der Waals surface area (Å²) in [6, 6.07) is 16.5. The summed E-state index contributed by atoms with van der Waals surface area (Å²) in [5.74, 6) is 1.07. The van der Waals surface area contributed by atoms with Crippen molar-refractivity contribution in [1.82, 2.24) is 0 Å². The Balaban J connectivity index is 2.14. The van der Waals surface area contributed by atoms with Gasteiger partial charge in [0.15, 0.2) is 0 Å². The van der Waals surface area contributed by atoms with Gasteiger partial charge in [0.2, 0.25) is 0 Å². The molecule has 24 heavy (non-hydrogen) atoms. The number of allylic oxidation sites excluding steroid dienone is 5. The first-order chi connectivity index (χ1) is 11.7. The van der Waals surface area contributed by atoms with Crippen LogP contribution in [0.3, 0.4) is 0 Å². The normalized spacial score (nSPS) is 20.8. The molecule has 0 saturated heterocycles. The van der Waals surface area contributed by atoms with E-state index in [1.54, 1.807) is 0 Å². The van der Waals surface area contributed by atoms with Gasteiger partial charge in [0.1, 0.15) is 5.75 Å². The Morgan fingerprint density at radius 2 is 1.96 bits per heavy atom. The number of phenols is 1. The van der Waals surface area contributed by atoms with Crippen molar-refractivity contribution < 1.29 is 5.11 Å². The van der Waals surface area contributed by atoms with Crippen molar-refractivity contribution in [2.24, 2.45) is 5.92 Å². The molecule has 0 aromatic heterocycles. The van der Waals surface area contributed by atoms with Crippen molar-refractivity contribution in [3.8, 4) is 5.75 Å². The van der Waals surface area contributed by atoms with Crippen molar-refractivity contribution >= 4 is 0 Å². The van der Waals surface area contributed by atoms with E-state index in [-0.39, 0.29) is 0 Å². The van der Waals surface area contributed by atoms with E-state index in [1.807, 2.05) is 18.2 Å². The topological polar surface area (TPSA) is 20.2 Å². The van der Waals surface area contributed by atoms with E-state index in [9.17, 15) is 5.11 Å². The lowest BCUT2D eigenvalue weighted by molar-refractivity contribution is 0.459. The zero-order valence-electron chi connectivity index (χ0n) is 14.2. The maximum atomic E-state index is 9.85. The average Bonchev–Trinajstić information content (AvgIpc) is 2.61. The number of hydrogen-bond acceptors (Lipinski definition) is 1. The predicted molar refractivity (Wildman–Crippen MR) is 101 cm³/mol. The fraction of sp³-hybridized carbons (Fsp3) is 0.217. The Kier molecular flexibility index (Phi) is 5.00. The first-order valence-electron chi connectivity index (χ1n) is 8.56. The van der Waals surface area contributed by atoms with Crippen LogP contribution < -0.4 is 0 Å². The average molecular weight is 316 g/mol. The minimum absolute atomic E-state index is 0.304. The molecule has 0 saturated carbocycles. The van der Waals surface area contributed by atoms with Crippen LogP contribution in [0.4, 0.5) is 0 Å². The lowest BCUT2D eigenvalue weighted by Crippen LogP contribution is -2.23. The summed E-state index contributed by atoms with van der Waals surface area (Å²) in [5.41, 5.74) is 5.24. The van der Waals surface area contributed by atoms with Gasteiger partial charge < -0.3 is 5.11 Å².